The van der Waals surface area contributed by atoms with Gasteiger partial charge in [-0.1, -0.05) is 46.4 Å². The predicted molar refractivity (Wildman–Crippen MR) is 76.5 cm³/mol. The van der Waals surface area contributed by atoms with Crippen LogP contribution in [0, 0.1) is 5.41 Å². The third kappa shape index (κ3) is 5.22. The van der Waals surface area contributed by atoms with Crippen molar-refractivity contribution in [3.63, 3.8) is 0 Å². The Labute approximate surface area is 118 Å². The molecular weight excluding hydrogens is 262 g/mol. The van der Waals surface area contributed by atoms with E-state index in [9.17, 15) is 4.79 Å². The van der Waals surface area contributed by atoms with Gasteiger partial charge in [-0.2, -0.15) is 0 Å². The lowest BCUT2D eigenvalue weighted by atomic mass is 9.92. The van der Waals surface area contributed by atoms with Crippen LogP contribution in [0.4, 0.5) is 0 Å². The van der Waals surface area contributed by atoms with Gasteiger partial charge in [-0.05, 0) is 11.8 Å². The summed E-state index contributed by atoms with van der Waals surface area (Å²) in [5, 5.41) is 17.8. The molecule has 0 fully saturated rings. The van der Waals surface area contributed by atoms with Crippen LogP contribution >= 0.6 is 11.8 Å². The molecule has 0 unspecified atom stereocenters. The number of carboxylic acid groups (broad SMARTS) is 1. The quantitative estimate of drug-likeness (QED) is 0.814. The Morgan fingerprint density at radius 2 is 2.00 bits per heavy atom. The van der Waals surface area contributed by atoms with Gasteiger partial charge in [-0.15, -0.1) is 10.2 Å². The van der Waals surface area contributed by atoms with E-state index >= 15 is 0 Å². The van der Waals surface area contributed by atoms with Gasteiger partial charge in [0.25, 0.3) is 0 Å². The van der Waals surface area contributed by atoms with E-state index < -0.39 is 5.97 Å². The number of nitrogens with zero attached hydrogens (tertiary/aromatic N) is 3. The van der Waals surface area contributed by atoms with E-state index in [0.29, 0.717) is 5.16 Å². The number of carbonyl (C=O) groups is 1. The molecule has 1 rings (SSSR count). The molecular formula is C13H23N3O2S. The Balaban J connectivity index is 2.88. The van der Waals surface area contributed by atoms with Crippen LogP contribution in [0.1, 0.15) is 52.8 Å². The standard InChI is InChI=1S/C13H23N3O2S/c1-9(2)11-14-15-12(19-8-10(17)18)16(11)7-6-13(3,4)5/h9H,6-8H2,1-5H3,(H,17,18). The smallest absolute Gasteiger partial charge is 0.313 e. The van der Waals surface area contributed by atoms with Crippen molar-refractivity contribution in [1.82, 2.24) is 14.8 Å². The molecule has 1 heterocycles. The molecule has 0 aromatic carbocycles. The summed E-state index contributed by atoms with van der Waals surface area (Å²) in [5.41, 5.74) is 0.229. The highest BCUT2D eigenvalue weighted by Crippen LogP contribution is 2.25. The molecule has 0 spiro atoms. The molecule has 1 aromatic heterocycles. The highest BCUT2D eigenvalue weighted by Gasteiger charge is 2.18. The summed E-state index contributed by atoms with van der Waals surface area (Å²) in [6.07, 6.45) is 1.01. The first-order valence-electron chi connectivity index (χ1n) is 6.48. The van der Waals surface area contributed by atoms with Gasteiger partial charge in [-0.25, -0.2) is 0 Å². The third-order valence-corrected chi connectivity index (χ3v) is 3.62. The number of rotatable bonds is 6. The largest absolute Gasteiger partial charge is 0.481 e. The van der Waals surface area contributed by atoms with Crippen molar-refractivity contribution in [3.05, 3.63) is 5.82 Å². The Hall–Kier alpha value is -1.04. The van der Waals surface area contributed by atoms with Gasteiger partial charge in [-0.3, -0.25) is 4.79 Å². The Morgan fingerprint density at radius 3 is 2.47 bits per heavy atom. The van der Waals surface area contributed by atoms with Crippen LogP contribution in [-0.2, 0) is 11.3 Å². The first-order valence-corrected chi connectivity index (χ1v) is 7.47. The molecule has 108 valence electrons. The van der Waals surface area contributed by atoms with E-state index in [0.717, 1.165) is 18.8 Å². The first-order chi connectivity index (χ1) is 8.70. The number of hydrogen-bond donors (Lipinski definition) is 1. The summed E-state index contributed by atoms with van der Waals surface area (Å²) < 4.78 is 2.06. The van der Waals surface area contributed by atoms with Crippen molar-refractivity contribution in [2.75, 3.05) is 5.75 Å². The van der Waals surface area contributed by atoms with Crippen molar-refractivity contribution in [2.45, 2.75) is 58.7 Å². The normalized spacial score (nSPS) is 12.1. The van der Waals surface area contributed by atoms with Crippen molar-refractivity contribution >= 4 is 17.7 Å². The number of hydrogen-bond acceptors (Lipinski definition) is 4. The number of aromatic nitrogens is 3. The van der Waals surface area contributed by atoms with Gasteiger partial charge in [0.1, 0.15) is 5.82 Å². The fourth-order valence-corrected chi connectivity index (χ4v) is 2.31. The molecule has 0 radical (unpaired) electrons. The van der Waals surface area contributed by atoms with Crippen LogP contribution in [0.25, 0.3) is 0 Å². The van der Waals surface area contributed by atoms with E-state index in [2.05, 4.69) is 49.4 Å². The van der Waals surface area contributed by atoms with Crippen molar-refractivity contribution in [3.8, 4) is 0 Å². The average Bonchev–Trinajstić information content (AvgIpc) is 2.65. The lowest BCUT2D eigenvalue weighted by Gasteiger charge is -2.20. The number of thioether (sulfide) groups is 1. The Morgan fingerprint density at radius 1 is 1.37 bits per heavy atom. The van der Waals surface area contributed by atoms with E-state index in [1.807, 2.05) is 0 Å². The van der Waals surface area contributed by atoms with Crippen LogP contribution in [0.15, 0.2) is 5.16 Å². The highest BCUT2D eigenvalue weighted by atomic mass is 32.2. The molecule has 19 heavy (non-hydrogen) atoms. The van der Waals surface area contributed by atoms with Gasteiger partial charge in [0, 0.05) is 12.5 Å². The van der Waals surface area contributed by atoms with Crippen molar-refractivity contribution in [1.29, 1.82) is 0 Å². The minimum atomic E-state index is -0.832. The van der Waals surface area contributed by atoms with Gasteiger partial charge in [0.15, 0.2) is 5.16 Å². The first kappa shape index (κ1) is 16.0. The molecule has 6 heteroatoms. The Bertz CT molecular complexity index is 436. The maximum Gasteiger partial charge on any atom is 0.313 e. The molecule has 0 bridgehead atoms. The Kier molecular flexibility index (Phi) is 5.40. The molecule has 0 amide bonds. The summed E-state index contributed by atoms with van der Waals surface area (Å²) in [6.45, 7) is 11.5. The van der Waals surface area contributed by atoms with Gasteiger partial charge in [0.05, 0.1) is 5.75 Å². The predicted octanol–water partition coefficient (Wildman–Crippen LogP) is 3.01. The van der Waals surface area contributed by atoms with Crippen LogP contribution in [0.3, 0.4) is 0 Å². The second-order valence-electron chi connectivity index (χ2n) is 6.14. The van der Waals surface area contributed by atoms with Gasteiger partial charge < -0.3 is 9.67 Å². The van der Waals surface area contributed by atoms with Crippen LogP contribution in [-0.4, -0.2) is 31.6 Å². The maximum atomic E-state index is 10.7. The monoisotopic (exact) mass is 285 g/mol. The maximum absolute atomic E-state index is 10.7. The minimum Gasteiger partial charge on any atom is -0.481 e. The molecule has 0 saturated heterocycles. The summed E-state index contributed by atoms with van der Waals surface area (Å²) >= 11 is 1.23. The topological polar surface area (TPSA) is 68.0 Å². The second kappa shape index (κ2) is 6.41. The summed E-state index contributed by atoms with van der Waals surface area (Å²) in [5.74, 6) is 0.399. The zero-order valence-electron chi connectivity index (χ0n) is 12.3. The molecule has 0 aliphatic rings. The lowest BCUT2D eigenvalue weighted by Crippen LogP contribution is -2.14. The average molecular weight is 285 g/mol. The molecule has 5 nitrogen and oxygen atoms in total. The van der Waals surface area contributed by atoms with E-state index in [1.54, 1.807) is 0 Å². The fourth-order valence-electron chi connectivity index (χ4n) is 1.62. The summed E-state index contributed by atoms with van der Waals surface area (Å²) in [4.78, 5) is 10.7. The summed E-state index contributed by atoms with van der Waals surface area (Å²) in [7, 11) is 0. The SMILES string of the molecule is CC(C)c1nnc(SCC(=O)O)n1CCC(C)(C)C. The summed E-state index contributed by atoms with van der Waals surface area (Å²) in [6, 6.07) is 0. The van der Waals surface area contributed by atoms with E-state index in [4.69, 9.17) is 5.11 Å². The molecule has 0 atom stereocenters. The van der Waals surface area contributed by atoms with Crippen LogP contribution < -0.4 is 0 Å². The number of carboxylic acids is 1. The molecule has 0 aliphatic heterocycles. The van der Waals surface area contributed by atoms with Crippen molar-refractivity contribution in [2.24, 2.45) is 5.41 Å². The lowest BCUT2D eigenvalue weighted by molar-refractivity contribution is -0.133. The van der Waals surface area contributed by atoms with E-state index in [1.165, 1.54) is 11.8 Å². The minimum absolute atomic E-state index is 0.0196. The van der Waals surface area contributed by atoms with Gasteiger partial charge >= 0.3 is 5.97 Å². The third-order valence-electron chi connectivity index (χ3n) is 2.67. The van der Waals surface area contributed by atoms with Crippen LogP contribution in [0.2, 0.25) is 0 Å². The second-order valence-corrected chi connectivity index (χ2v) is 7.08. The van der Waals surface area contributed by atoms with Crippen molar-refractivity contribution < 1.29 is 9.90 Å². The molecule has 1 N–H and O–H groups in total. The zero-order chi connectivity index (χ0) is 14.6. The number of aliphatic carboxylic acids is 1. The highest BCUT2D eigenvalue weighted by molar-refractivity contribution is 7.99. The molecule has 1 aromatic rings. The fraction of sp³-hybridized carbons (Fsp3) is 0.769. The van der Waals surface area contributed by atoms with Gasteiger partial charge in [0.2, 0.25) is 0 Å². The molecule has 0 saturated carbocycles. The van der Waals surface area contributed by atoms with E-state index in [-0.39, 0.29) is 17.1 Å². The van der Waals surface area contributed by atoms with Crippen LogP contribution in [0.5, 0.6) is 0 Å². The molecule has 0 aliphatic carbocycles. The zero-order valence-corrected chi connectivity index (χ0v) is 13.1.